The fourth-order valence-corrected chi connectivity index (χ4v) is 4.47. The Balaban J connectivity index is 1.75. The Hall–Kier alpha value is -2.26. The number of carbonyl (C=O) groups excluding carboxylic acids is 1. The molecule has 2 aromatic rings. The Labute approximate surface area is 159 Å². The van der Waals surface area contributed by atoms with E-state index in [1.165, 1.54) is 0 Å². The molecule has 9 heteroatoms. The summed E-state index contributed by atoms with van der Waals surface area (Å²) in [5, 5.41) is 6.47. The topological polar surface area (TPSA) is 105 Å². The van der Waals surface area contributed by atoms with E-state index in [2.05, 4.69) is 15.5 Å². The van der Waals surface area contributed by atoms with E-state index in [4.69, 9.17) is 4.52 Å². The first-order valence-electron chi connectivity index (χ1n) is 9.25. The predicted octanol–water partition coefficient (Wildman–Crippen LogP) is 2.44. The number of nitrogens with zero attached hydrogens (tertiary/aromatic N) is 3. The molecule has 1 amide bonds. The van der Waals surface area contributed by atoms with Crippen LogP contribution in [0, 0.1) is 0 Å². The lowest BCUT2D eigenvalue weighted by Crippen LogP contribution is -2.31. The molecule has 0 unspecified atom stereocenters. The van der Waals surface area contributed by atoms with Crippen molar-refractivity contribution in [3.63, 3.8) is 0 Å². The Morgan fingerprint density at radius 2 is 1.81 bits per heavy atom. The quantitative estimate of drug-likeness (QED) is 0.809. The number of nitrogens with one attached hydrogen (secondary N) is 1. The van der Waals surface area contributed by atoms with Crippen molar-refractivity contribution in [3.05, 3.63) is 30.2 Å². The maximum Gasteiger partial charge on any atom is 0.316 e. The Morgan fingerprint density at radius 1 is 1.15 bits per heavy atom. The van der Waals surface area contributed by atoms with Gasteiger partial charge in [-0.1, -0.05) is 24.9 Å². The molecule has 1 aliphatic heterocycles. The maximum absolute atomic E-state index is 12.8. The molecule has 1 saturated heterocycles. The van der Waals surface area contributed by atoms with Gasteiger partial charge in [0.2, 0.25) is 15.8 Å². The molecule has 1 aromatic heterocycles. The summed E-state index contributed by atoms with van der Waals surface area (Å²) in [5.74, 6) is -0.286. The van der Waals surface area contributed by atoms with Crippen molar-refractivity contribution in [2.75, 3.05) is 19.6 Å². The average molecular weight is 392 g/mol. The third-order valence-corrected chi connectivity index (χ3v) is 6.38. The number of aromatic nitrogens is 2. The molecule has 1 aromatic carbocycles. The van der Waals surface area contributed by atoms with Gasteiger partial charge in [0, 0.05) is 25.2 Å². The minimum absolute atomic E-state index is 0.111. The molecular weight excluding hydrogens is 368 g/mol. The minimum Gasteiger partial charge on any atom is -0.348 e. The molecular formula is C18H24N4O4S. The lowest BCUT2D eigenvalue weighted by molar-refractivity contribution is 0.0910. The van der Waals surface area contributed by atoms with Crippen LogP contribution in [0.1, 0.15) is 49.7 Å². The van der Waals surface area contributed by atoms with Gasteiger partial charge in [0.1, 0.15) is 0 Å². The van der Waals surface area contributed by atoms with Crippen LogP contribution in [-0.4, -0.2) is 48.4 Å². The van der Waals surface area contributed by atoms with E-state index in [-0.39, 0.29) is 16.6 Å². The SMILES string of the molecule is CCCNC(=O)c1nc(-c2ccc(S(=O)(=O)N3CCCCCC3)cc2)no1. The highest BCUT2D eigenvalue weighted by Crippen LogP contribution is 2.23. The molecule has 1 aliphatic rings. The van der Waals surface area contributed by atoms with Crippen molar-refractivity contribution in [1.82, 2.24) is 19.8 Å². The summed E-state index contributed by atoms with van der Waals surface area (Å²) in [6, 6.07) is 6.35. The molecule has 0 radical (unpaired) electrons. The van der Waals surface area contributed by atoms with Crippen LogP contribution in [0.4, 0.5) is 0 Å². The van der Waals surface area contributed by atoms with E-state index in [9.17, 15) is 13.2 Å². The zero-order valence-corrected chi connectivity index (χ0v) is 16.2. The molecule has 8 nitrogen and oxygen atoms in total. The van der Waals surface area contributed by atoms with Gasteiger partial charge in [0.05, 0.1) is 4.90 Å². The Bertz CT molecular complexity index is 869. The maximum atomic E-state index is 12.8. The van der Waals surface area contributed by atoms with Crippen molar-refractivity contribution >= 4 is 15.9 Å². The van der Waals surface area contributed by atoms with Crippen molar-refractivity contribution in [2.45, 2.75) is 43.9 Å². The minimum atomic E-state index is -3.50. The summed E-state index contributed by atoms with van der Waals surface area (Å²) < 4.78 is 32.1. The average Bonchev–Trinajstić information content (AvgIpc) is 3.01. The molecule has 2 heterocycles. The number of benzene rings is 1. The van der Waals surface area contributed by atoms with Gasteiger partial charge >= 0.3 is 11.8 Å². The highest BCUT2D eigenvalue weighted by molar-refractivity contribution is 7.89. The molecule has 27 heavy (non-hydrogen) atoms. The molecule has 0 saturated carbocycles. The van der Waals surface area contributed by atoms with Crippen molar-refractivity contribution in [2.24, 2.45) is 0 Å². The lowest BCUT2D eigenvalue weighted by Gasteiger charge is -2.19. The van der Waals surface area contributed by atoms with E-state index in [1.54, 1.807) is 28.6 Å². The van der Waals surface area contributed by atoms with Crippen molar-refractivity contribution < 1.29 is 17.7 Å². The molecule has 146 valence electrons. The molecule has 1 N–H and O–H groups in total. The van der Waals surface area contributed by atoms with Crippen LogP contribution >= 0.6 is 0 Å². The van der Waals surface area contributed by atoms with Gasteiger partial charge in [-0.3, -0.25) is 4.79 Å². The predicted molar refractivity (Wildman–Crippen MR) is 99.6 cm³/mol. The van der Waals surface area contributed by atoms with E-state index < -0.39 is 15.9 Å². The van der Waals surface area contributed by atoms with Gasteiger partial charge in [0.15, 0.2) is 0 Å². The van der Waals surface area contributed by atoms with Gasteiger partial charge in [-0.05, 0) is 43.5 Å². The molecule has 0 spiro atoms. The van der Waals surface area contributed by atoms with Gasteiger partial charge < -0.3 is 9.84 Å². The number of amides is 1. The Kier molecular flexibility index (Phi) is 6.22. The molecule has 0 atom stereocenters. The second-order valence-corrected chi connectivity index (χ2v) is 8.46. The monoisotopic (exact) mass is 392 g/mol. The first-order valence-corrected chi connectivity index (χ1v) is 10.7. The fraction of sp³-hybridized carbons (Fsp3) is 0.500. The highest BCUT2D eigenvalue weighted by Gasteiger charge is 2.25. The summed E-state index contributed by atoms with van der Waals surface area (Å²) in [7, 11) is -3.50. The largest absolute Gasteiger partial charge is 0.348 e. The smallest absolute Gasteiger partial charge is 0.316 e. The lowest BCUT2D eigenvalue weighted by atomic mass is 10.2. The zero-order chi connectivity index (χ0) is 19.3. The van der Waals surface area contributed by atoms with Gasteiger partial charge in [-0.15, -0.1) is 0 Å². The second-order valence-electron chi connectivity index (χ2n) is 6.52. The summed E-state index contributed by atoms with van der Waals surface area (Å²) in [5.41, 5.74) is 0.586. The van der Waals surface area contributed by atoms with Gasteiger partial charge in [0.25, 0.3) is 0 Å². The van der Waals surface area contributed by atoms with E-state index >= 15 is 0 Å². The standard InChI is InChI=1S/C18H24N4O4S/c1-2-11-19-17(23)18-20-16(21-26-18)14-7-9-15(10-8-14)27(24,25)22-12-5-3-4-6-13-22/h7-10H,2-6,11-13H2,1H3,(H,19,23). The van der Waals surface area contributed by atoms with E-state index in [1.807, 2.05) is 6.92 Å². The number of sulfonamides is 1. The molecule has 1 fully saturated rings. The van der Waals surface area contributed by atoms with Crippen molar-refractivity contribution in [3.8, 4) is 11.4 Å². The van der Waals surface area contributed by atoms with Crippen LogP contribution in [0.2, 0.25) is 0 Å². The summed E-state index contributed by atoms with van der Waals surface area (Å²) in [6.07, 6.45) is 4.72. The fourth-order valence-electron chi connectivity index (χ4n) is 2.95. The molecule has 3 rings (SSSR count). The molecule has 0 bridgehead atoms. The zero-order valence-electron chi connectivity index (χ0n) is 15.3. The second kappa shape index (κ2) is 8.62. The number of hydrogen-bond acceptors (Lipinski definition) is 6. The van der Waals surface area contributed by atoms with E-state index in [0.29, 0.717) is 25.2 Å². The Morgan fingerprint density at radius 3 is 2.44 bits per heavy atom. The van der Waals surface area contributed by atoms with Crippen LogP contribution < -0.4 is 5.32 Å². The number of rotatable bonds is 6. The third-order valence-electron chi connectivity index (χ3n) is 4.47. The number of hydrogen-bond donors (Lipinski definition) is 1. The summed E-state index contributed by atoms with van der Waals surface area (Å²) >= 11 is 0. The third kappa shape index (κ3) is 4.54. The first-order chi connectivity index (χ1) is 13.0. The van der Waals surface area contributed by atoms with Crippen LogP contribution in [-0.2, 0) is 10.0 Å². The first kappa shape index (κ1) is 19.5. The van der Waals surface area contributed by atoms with Crippen LogP contribution in [0.25, 0.3) is 11.4 Å². The normalized spacial score (nSPS) is 16.0. The van der Waals surface area contributed by atoms with Crippen LogP contribution in [0.3, 0.4) is 0 Å². The van der Waals surface area contributed by atoms with Crippen LogP contribution in [0.15, 0.2) is 33.7 Å². The molecule has 0 aliphatic carbocycles. The van der Waals surface area contributed by atoms with Gasteiger partial charge in [-0.25, -0.2) is 8.42 Å². The van der Waals surface area contributed by atoms with E-state index in [0.717, 1.165) is 32.1 Å². The van der Waals surface area contributed by atoms with Crippen molar-refractivity contribution in [1.29, 1.82) is 0 Å². The highest BCUT2D eigenvalue weighted by atomic mass is 32.2. The van der Waals surface area contributed by atoms with Gasteiger partial charge in [-0.2, -0.15) is 9.29 Å². The summed E-state index contributed by atoms with van der Waals surface area (Å²) in [6.45, 7) is 3.59. The van der Waals surface area contributed by atoms with Crippen LogP contribution in [0.5, 0.6) is 0 Å². The number of carbonyl (C=O) groups is 1. The summed E-state index contributed by atoms with van der Waals surface area (Å²) in [4.78, 5) is 16.2.